The van der Waals surface area contributed by atoms with Gasteiger partial charge in [0, 0.05) is 6.54 Å². The van der Waals surface area contributed by atoms with Crippen molar-refractivity contribution < 1.29 is 9.18 Å². The van der Waals surface area contributed by atoms with Crippen molar-refractivity contribution in [3.8, 4) is 0 Å². The molecule has 0 saturated carbocycles. The summed E-state index contributed by atoms with van der Waals surface area (Å²) < 4.78 is 13.5. The molecule has 0 spiro atoms. The number of amides is 1. The minimum absolute atomic E-state index is 0.0514. The highest BCUT2D eigenvalue weighted by Crippen LogP contribution is 2.18. The van der Waals surface area contributed by atoms with Gasteiger partial charge in [0.1, 0.15) is 5.82 Å². The predicted octanol–water partition coefficient (Wildman–Crippen LogP) is 2.07. The van der Waals surface area contributed by atoms with Crippen molar-refractivity contribution in [2.75, 3.05) is 18.4 Å². The van der Waals surface area contributed by atoms with Gasteiger partial charge in [0.25, 0.3) is 0 Å². The zero-order chi connectivity index (χ0) is 12.3. The van der Waals surface area contributed by atoms with Gasteiger partial charge in [-0.05, 0) is 44.0 Å². The molecule has 0 aromatic heterocycles. The van der Waals surface area contributed by atoms with E-state index in [-0.39, 0.29) is 23.3 Å². The van der Waals surface area contributed by atoms with Crippen LogP contribution in [-0.2, 0) is 4.79 Å². The summed E-state index contributed by atoms with van der Waals surface area (Å²) in [5, 5.41) is 5.82. The number of piperidine rings is 1. The van der Waals surface area contributed by atoms with E-state index >= 15 is 0 Å². The molecule has 2 N–H and O–H groups in total. The molecular formula is C13H17FN2O. The molecule has 0 unspecified atom stereocenters. The van der Waals surface area contributed by atoms with Crippen LogP contribution in [0.4, 0.5) is 10.1 Å². The molecule has 92 valence electrons. The zero-order valence-corrected chi connectivity index (χ0v) is 9.92. The van der Waals surface area contributed by atoms with Gasteiger partial charge in [-0.3, -0.25) is 4.79 Å². The number of carbonyl (C=O) groups is 1. The first kappa shape index (κ1) is 12.0. The largest absolute Gasteiger partial charge is 0.323 e. The summed E-state index contributed by atoms with van der Waals surface area (Å²) in [5.41, 5.74) is 1.12. The molecular weight excluding hydrogens is 219 g/mol. The fraction of sp³-hybridized carbons (Fsp3) is 0.462. The fourth-order valence-electron chi connectivity index (χ4n) is 2.03. The third-order valence-corrected chi connectivity index (χ3v) is 3.05. The maximum absolute atomic E-state index is 13.5. The van der Waals surface area contributed by atoms with Gasteiger partial charge in [-0.1, -0.05) is 6.07 Å². The minimum Gasteiger partial charge on any atom is -0.323 e. The summed E-state index contributed by atoms with van der Waals surface area (Å²) in [6.45, 7) is 3.46. The topological polar surface area (TPSA) is 41.1 Å². The van der Waals surface area contributed by atoms with Gasteiger partial charge in [0.2, 0.25) is 5.91 Å². The van der Waals surface area contributed by atoms with Gasteiger partial charge in [-0.15, -0.1) is 0 Å². The molecule has 0 bridgehead atoms. The Morgan fingerprint density at radius 3 is 3.00 bits per heavy atom. The molecule has 1 heterocycles. The van der Waals surface area contributed by atoms with E-state index in [4.69, 9.17) is 0 Å². The fourth-order valence-corrected chi connectivity index (χ4v) is 2.03. The first-order valence-corrected chi connectivity index (χ1v) is 5.94. The Bertz CT molecular complexity index is 414. The summed E-state index contributed by atoms with van der Waals surface area (Å²) in [7, 11) is 0. The maximum atomic E-state index is 13.5. The lowest BCUT2D eigenvalue weighted by Crippen LogP contribution is -2.37. The molecule has 1 aliphatic rings. The molecule has 1 aromatic carbocycles. The number of nitrogens with one attached hydrogen (secondary N) is 2. The van der Waals surface area contributed by atoms with Crippen LogP contribution in [0.25, 0.3) is 0 Å². The lowest BCUT2D eigenvalue weighted by Gasteiger charge is -2.22. The molecule has 1 fully saturated rings. The summed E-state index contributed by atoms with van der Waals surface area (Å²) >= 11 is 0. The number of benzene rings is 1. The minimum atomic E-state index is -0.373. The first-order chi connectivity index (χ1) is 8.16. The Morgan fingerprint density at radius 2 is 2.35 bits per heavy atom. The molecule has 2 rings (SSSR count). The van der Waals surface area contributed by atoms with E-state index in [0.29, 0.717) is 6.54 Å². The average molecular weight is 236 g/mol. The highest BCUT2D eigenvalue weighted by molar-refractivity contribution is 5.92. The van der Waals surface area contributed by atoms with E-state index in [1.165, 1.54) is 6.07 Å². The maximum Gasteiger partial charge on any atom is 0.228 e. The Morgan fingerprint density at radius 1 is 1.53 bits per heavy atom. The van der Waals surface area contributed by atoms with Gasteiger partial charge in [-0.2, -0.15) is 0 Å². The molecule has 17 heavy (non-hydrogen) atoms. The van der Waals surface area contributed by atoms with Gasteiger partial charge >= 0.3 is 0 Å². The summed E-state index contributed by atoms with van der Waals surface area (Å²) in [5.74, 6) is -0.522. The smallest absolute Gasteiger partial charge is 0.228 e. The molecule has 4 heteroatoms. The van der Waals surface area contributed by atoms with E-state index in [0.717, 1.165) is 24.9 Å². The van der Waals surface area contributed by atoms with E-state index in [2.05, 4.69) is 10.6 Å². The number of anilines is 1. The zero-order valence-electron chi connectivity index (χ0n) is 9.92. The van der Waals surface area contributed by atoms with Crippen molar-refractivity contribution >= 4 is 11.6 Å². The van der Waals surface area contributed by atoms with Crippen LogP contribution in [-0.4, -0.2) is 19.0 Å². The quantitative estimate of drug-likeness (QED) is 0.825. The van der Waals surface area contributed by atoms with Gasteiger partial charge in [0.05, 0.1) is 11.6 Å². The molecule has 1 saturated heterocycles. The standard InChI is InChI=1S/C13H17FN2O/c1-9-4-5-12(11(14)7-9)16-13(17)10-3-2-6-15-8-10/h4-5,7,10,15H,2-3,6,8H2,1H3,(H,16,17)/t10-/m0/s1. The van der Waals surface area contributed by atoms with Crippen molar-refractivity contribution in [3.63, 3.8) is 0 Å². The van der Waals surface area contributed by atoms with Crippen LogP contribution in [0.1, 0.15) is 18.4 Å². The van der Waals surface area contributed by atoms with Crippen LogP contribution < -0.4 is 10.6 Å². The Balaban J connectivity index is 2.02. The second kappa shape index (κ2) is 5.27. The van der Waals surface area contributed by atoms with Crippen LogP contribution in [0.15, 0.2) is 18.2 Å². The monoisotopic (exact) mass is 236 g/mol. The molecule has 3 nitrogen and oxygen atoms in total. The van der Waals surface area contributed by atoms with Crippen molar-refractivity contribution in [3.05, 3.63) is 29.6 Å². The van der Waals surface area contributed by atoms with Gasteiger partial charge in [-0.25, -0.2) is 4.39 Å². The Labute approximate surface area is 100 Å². The summed E-state index contributed by atoms with van der Waals surface area (Å²) in [6.07, 6.45) is 1.86. The Hall–Kier alpha value is -1.42. The highest BCUT2D eigenvalue weighted by Gasteiger charge is 2.21. The van der Waals surface area contributed by atoms with Crippen LogP contribution in [0.5, 0.6) is 0 Å². The number of hydrogen-bond acceptors (Lipinski definition) is 2. The molecule has 0 aliphatic carbocycles. The second-order valence-electron chi connectivity index (χ2n) is 4.52. The highest BCUT2D eigenvalue weighted by atomic mass is 19.1. The predicted molar refractivity (Wildman–Crippen MR) is 65.4 cm³/mol. The number of aryl methyl sites for hydroxylation is 1. The van der Waals surface area contributed by atoms with Crippen LogP contribution in [0, 0.1) is 18.7 Å². The van der Waals surface area contributed by atoms with E-state index in [9.17, 15) is 9.18 Å². The normalized spacial score (nSPS) is 20.0. The van der Waals surface area contributed by atoms with Crippen molar-refractivity contribution in [2.45, 2.75) is 19.8 Å². The number of hydrogen-bond donors (Lipinski definition) is 2. The van der Waals surface area contributed by atoms with Crippen molar-refractivity contribution in [1.29, 1.82) is 0 Å². The molecule has 1 aliphatic heterocycles. The number of halogens is 1. The third-order valence-electron chi connectivity index (χ3n) is 3.05. The van der Waals surface area contributed by atoms with E-state index < -0.39 is 0 Å². The SMILES string of the molecule is Cc1ccc(NC(=O)[C@H]2CCCNC2)c(F)c1. The lowest BCUT2D eigenvalue weighted by atomic mass is 9.99. The second-order valence-corrected chi connectivity index (χ2v) is 4.52. The Kier molecular flexibility index (Phi) is 3.74. The third kappa shape index (κ3) is 3.03. The van der Waals surface area contributed by atoms with Gasteiger partial charge in [0.15, 0.2) is 0 Å². The molecule has 1 aromatic rings. The number of carbonyl (C=O) groups excluding carboxylic acids is 1. The van der Waals surface area contributed by atoms with Crippen LogP contribution in [0.2, 0.25) is 0 Å². The van der Waals surface area contributed by atoms with Crippen molar-refractivity contribution in [2.24, 2.45) is 5.92 Å². The van der Waals surface area contributed by atoms with Crippen molar-refractivity contribution in [1.82, 2.24) is 5.32 Å². The molecule has 0 radical (unpaired) electrons. The van der Waals surface area contributed by atoms with Crippen LogP contribution in [0.3, 0.4) is 0 Å². The first-order valence-electron chi connectivity index (χ1n) is 5.94. The van der Waals surface area contributed by atoms with Gasteiger partial charge < -0.3 is 10.6 Å². The van der Waals surface area contributed by atoms with E-state index in [1.807, 2.05) is 6.92 Å². The summed E-state index contributed by atoms with van der Waals surface area (Å²) in [6, 6.07) is 4.82. The number of rotatable bonds is 2. The van der Waals surface area contributed by atoms with Crippen LogP contribution >= 0.6 is 0 Å². The lowest BCUT2D eigenvalue weighted by molar-refractivity contribution is -0.120. The average Bonchev–Trinajstić information content (AvgIpc) is 2.34. The molecule has 1 atom stereocenters. The summed E-state index contributed by atoms with van der Waals surface area (Å²) in [4.78, 5) is 11.9. The molecule has 1 amide bonds. The van der Waals surface area contributed by atoms with E-state index in [1.54, 1.807) is 12.1 Å².